The SMILES string of the molecule is C=C(C)C(=O)Oc1ccc(-c2cc(OC(=O)C(=C)C)c(OC(=O)C(=C)C)c(C(F)F)c2)cc1OC(=O)C(=C)C. The Balaban J connectivity index is 2.78. The number of benzene rings is 2. The van der Waals surface area contributed by atoms with Gasteiger partial charge in [0.15, 0.2) is 23.0 Å². The van der Waals surface area contributed by atoms with Crippen LogP contribution >= 0.6 is 0 Å². The molecule has 0 atom stereocenters. The first kappa shape index (κ1) is 30.4. The molecule has 0 unspecified atom stereocenters. The van der Waals surface area contributed by atoms with Crippen LogP contribution in [0.2, 0.25) is 0 Å². The molecule has 0 heterocycles. The molecule has 8 nitrogen and oxygen atoms in total. The molecule has 0 aliphatic heterocycles. The van der Waals surface area contributed by atoms with Crippen molar-refractivity contribution in [2.24, 2.45) is 0 Å². The average Bonchev–Trinajstić information content (AvgIpc) is 2.85. The van der Waals surface area contributed by atoms with Gasteiger partial charge in [-0.2, -0.15) is 0 Å². The van der Waals surface area contributed by atoms with Crippen molar-refractivity contribution in [1.82, 2.24) is 0 Å². The largest absolute Gasteiger partial charge is 0.419 e. The lowest BCUT2D eigenvalue weighted by Gasteiger charge is -2.17. The highest BCUT2D eigenvalue weighted by molar-refractivity contribution is 5.93. The van der Waals surface area contributed by atoms with Crippen LogP contribution in [0.3, 0.4) is 0 Å². The molecule has 0 fully saturated rings. The van der Waals surface area contributed by atoms with Crippen molar-refractivity contribution in [3.05, 3.63) is 84.5 Å². The van der Waals surface area contributed by atoms with Crippen LogP contribution in [-0.2, 0) is 19.2 Å². The molecule has 39 heavy (non-hydrogen) atoms. The molecule has 10 heteroatoms. The number of hydrogen-bond donors (Lipinski definition) is 0. The highest BCUT2D eigenvalue weighted by atomic mass is 19.3. The molecule has 0 amide bonds. The molecule has 0 aliphatic rings. The number of esters is 4. The maximum atomic E-state index is 14.2. The molecule has 0 radical (unpaired) electrons. The Morgan fingerprint density at radius 2 is 1.00 bits per heavy atom. The summed E-state index contributed by atoms with van der Waals surface area (Å²) < 4.78 is 49.1. The monoisotopic (exact) mass is 540 g/mol. The van der Waals surface area contributed by atoms with Crippen molar-refractivity contribution in [3.63, 3.8) is 0 Å². The van der Waals surface area contributed by atoms with Crippen molar-refractivity contribution in [2.45, 2.75) is 34.1 Å². The fraction of sp³-hybridized carbons (Fsp3) is 0.172. The molecule has 0 aromatic heterocycles. The standard InChI is InChI=1S/C29H26F2O8/c1-14(2)26(32)36-21-10-9-18(12-22(21)37-27(33)15(3)4)19-11-20(25(30)31)24(39-29(35)17(7)8)23(13-19)38-28(34)16(5)6/h9-13,25H,1,3,5,7H2,2,4,6,8H3. The Labute approximate surface area is 223 Å². The van der Waals surface area contributed by atoms with Crippen molar-refractivity contribution in [1.29, 1.82) is 0 Å². The zero-order chi connectivity index (χ0) is 29.6. The molecule has 0 saturated carbocycles. The Kier molecular flexibility index (Phi) is 9.80. The predicted molar refractivity (Wildman–Crippen MR) is 139 cm³/mol. The summed E-state index contributed by atoms with van der Waals surface area (Å²) in [6.45, 7) is 19.3. The van der Waals surface area contributed by atoms with Crippen molar-refractivity contribution in [2.75, 3.05) is 0 Å². The Bertz CT molecular complexity index is 1420. The zero-order valence-electron chi connectivity index (χ0n) is 21.8. The maximum Gasteiger partial charge on any atom is 0.338 e. The number of carbonyl (C=O) groups is 4. The zero-order valence-corrected chi connectivity index (χ0v) is 21.8. The normalized spacial score (nSPS) is 10.3. The second-order valence-corrected chi connectivity index (χ2v) is 8.53. The fourth-order valence-corrected chi connectivity index (χ4v) is 2.73. The predicted octanol–water partition coefficient (Wildman–Crippen LogP) is 6.22. The van der Waals surface area contributed by atoms with Gasteiger partial charge in [0.25, 0.3) is 6.43 Å². The van der Waals surface area contributed by atoms with Crippen LogP contribution in [0, 0.1) is 0 Å². The van der Waals surface area contributed by atoms with E-state index in [-0.39, 0.29) is 44.9 Å². The van der Waals surface area contributed by atoms with Gasteiger partial charge in [0, 0.05) is 22.3 Å². The lowest BCUT2D eigenvalue weighted by atomic mass is 10.0. The third-order valence-corrected chi connectivity index (χ3v) is 4.79. The molecule has 204 valence electrons. The van der Waals surface area contributed by atoms with Crippen LogP contribution in [0.5, 0.6) is 23.0 Å². The van der Waals surface area contributed by atoms with Gasteiger partial charge in [-0.3, -0.25) is 0 Å². The van der Waals surface area contributed by atoms with E-state index in [4.69, 9.17) is 18.9 Å². The van der Waals surface area contributed by atoms with Gasteiger partial charge in [0.1, 0.15) is 0 Å². The van der Waals surface area contributed by atoms with Crippen LogP contribution in [0.15, 0.2) is 78.9 Å². The summed E-state index contributed by atoms with van der Waals surface area (Å²) in [4.78, 5) is 48.7. The van der Waals surface area contributed by atoms with Gasteiger partial charge in [-0.1, -0.05) is 32.4 Å². The highest BCUT2D eigenvalue weighted by Gasteiger charge is 2.26. The summed E-state index contributed by atoms with van der Waals surface area (Å²) in [5, 5.41) is 0. The minimum atomic E-state index is -3.17. The second-order valence-electron chi connectivity index (χ2n) is 8.53. The third kappa shape index (κ3) is 7.81. The number of rotatable bonds is 10. The summed E-state index contributed by atoms with van der Waals surface area (Å²) in [7, 11) is 0. The van der Waals surface area contributed by atoms with Crippen molar-refractivity contribution < 1.29 is 46.9 Å². The quantitative estimate of drug-likeness (QED) is 0.199. The van der Waals surface area contributed by atoms with Crippen molar-refractivity contribution in [3.8, 4) is 34.1 Å². The molecule has 2 aromatic carbocycles. The molecular formula is C29H26F2O8. The van der Waals surface area contributed by atoms with E-state index in [1.54, 1.807) is 0 Å². The molecule has 0 N–H and O–H groups in total. The van der Waals surface area contributed by atoms with E-state index in [9.17, 15) is 28.0 Å². The first-order chi connectivity index (χ1) is 18.1. The molecule has 2 aromatic rings. The molecule has 0 bridgehead atoms. The van der Waals surface area contributed by atoms with Crippen LogP contribution in [0.4, 0.5) is 8.78 Å². The third-order valence-electron chi connectivity index (χ3n) is 4.79. The van der Waals surface area contributed by atoms with Crippen LogP contribution in [0.25, 0.3) is 11.1 Å². The molecule has 0 spiro atoms. The van der Waals surface area contributed by atoms with E-state index in [0.29, 0.717) is 0 Å². The van der Waals surface area contributed by atoms with E-state index in [1.165, 1.54) is 52.0 Å². The second kappa shape index (κ2) is 12.6. The van der Waals surface area contributed by atoms with E-state index >= 15 is 0 Å². The summed E-state index contributed by atoms with van der Waals surface area (Å²) >= 11 is 0. The maximum absolute atomic E-state index is 14.2. The van der Waals surface area contributed by atoms with Gasteiger partial charge in [0.05, 0.1) is 5.56 Å². The topological polar surface area (TPSA) is 105 Å². The van der Waals surface area contributed by atoms with Crippen LogP contribution < -0.4 is 18.9 Å². The van der Waals surface area contributed by atoms with Gasteiger partial charge >= 0.3 is 23.9 Å². The number of hydrogen-bond acceptors (Lipinski definition) is 8. The Morgan fingerprint density at radius 1 is 0.590 bits per heavy atom. The number of alkyl halides is 2. The smallest absolute Gasteiger partial charge is 0.338 e. The summed E-state index contributed by atoms with van der Waals surface area (Å²) in [5.74, 6) is -5.18. The Morgan fingerprint density at radius 3 is 1.46 bits per heavy atom. The first-order valence-electron chi connectivity index (χ1n) is 11.2. The lowest BCUT2D eigenvalue weighted by molar-refractivity contribution is -0.132. The minimum Gasteiger partial charge on any atom is -0.419 e. The average molecular weight is 541 g/mol. The minimum absolute atomic E-state index is 0.0373. The molecule has 2 rings (SSSR count). The summed E-state index contributed by atoms with van der Waals surface area (Å²) in [5.41, 5.74) is -0.562. The van der Waals surface area contributed by atoms with Gasteiger partial charge in [-0.25, -0.2) is 28.0 Å². The summed E-state index contributed by atoms with van der Waals surface area (Å²) in [6.07, 6.45) is -3.17. The molecule has 0 saturated heterocycles. The first-order valence-corrected chi connectivity index (χ1v) is 11.2. The van der Waals surface area contributed by atoms with Gasteiger partial charge in [0.2, 0.25) is 0 Å². The number of halogens is 2. The Hall–Kier alpha value is -4.86. The molecular weight excluding hydrogens is 514 g/mol. The van der Waals surface area contributed by atoms with Gasteiger partial charge in [-0.05, 0) is 63.1 Å². The number of ether oxygens (including phenoxy) is 4. The van der Waals surface area contributed by atoms with E-state index < -0.39 is 47.4 Å². The van der Waals surface area contributed by atoms with Crippen LogP contribution in [-0.4, -0.2) is 23.9 Å². The van der Waals surface area contributed by atoms with E-state index in [1.807, 2.05) is 0 Å². The van der Waals surface area contributed by atoms with Crippen molar-refractivity contribution >= 4 is 23.9 Å². The van der Waals surface area contributed by atoms with Gasteiger partial charge < -0.3 is 18.9 Å². The summed E-state index contributed by atoms with van der Waals surface area (Å²) in [6, 6.07) is 6.08. The fourth-order valence-electron chi connectivity index (χ4n) is 2.73. The number of carbonyl (C=O) groups excluding carboxylic acids is 4. The highest BCUT2D eigenvalue weighted by Crippen LogP contribution is 2.43. The van der Waals surface area contributed by atoms with Crippen LogP contribution in [0.1, 0.15) is 39.7 Å². The van der Waals surface area contributed by atoms with Gasteiger partial charge in [-0.15, -0.1) is 0 Å². The molecule has 0 aliphatic carbocycles. The lowest BCUT2D eigenvalue weighted by Crippen LogP contribution is -2.14. The van der Waals surface area contributed by atoms with E-state index in [0.717, 1.165) is 6.07 Å². The van der Waals surface area contributed by atoms with E-state index in [2.05, 4.69) is 26.3 Å².